The fourth-order valence-electron chi connectivity index (χ4n) is 3.34. The molecule has 2 aromatic heterocycles. The highest BCUT2D eigenvalue weighted by molar-refractivity contribution is 6.05. The molecule has 6 heteroatoms. The molecule has 0 aliphatic carbocycles. The zero-order chi connectivity index (χ0) is 20.5. The average molecular weight is 385 g/mol. The minimum Gasteiger partial charge on any atom is -0.319 e. The van der Waals surface area contributed by atoms with E-state index in [-0.39, 0.29) is 5.91 Å². The van der Waals surface area contributed by atoms with Crippen molar-refractivity contribution in [2.24, 2.45) is 0 Å². The molecule has 2 heterocycles. The number of carbonyl (C=O) groups is 1. The van der Waals surface area contributed by atoms with Gasteiger partial charge in [0.2, 0.25) is 0 Å². The molecule has 146 valence electrons. The summed E-state index contributed by atoms with van der Waals surface area (Å²) in [5.41, 5.74) is 7.11. The highest BCUT2D eigenvalue weighted by Gasteiger charge is 2.16. The summed E-state index contributed by atoms with van der Waals surface area (Å²) >= 11 is 0. The number of aromatic nitrogens is 4. The Labute approximate surface area is 169 Å². The Hall–Kier alpha value is -3.67. The molecule has 1 amide bonds. The third-order valence-corrected chi connectivity index (χ3v) is 5.01. The number of nitrogens with zero attached hydrogens (tertiary/aromatic N) is 4. The Morgan fingerprint density at radius 3 is 2.07 bits per heavy atom. The SMILES string of the molecule is Cc1ccc(-n2nc(C)c(NC(=O)c3ccc(-n4nccc4C)cc3)c2C)cc1. The predicted octanol–water partition coefficient (Wildman–Crippen LogP) is 4.54. The molecule has 0 aliphatic heterocycles. The van der Waals surface area contributed by atoms with E-state index in [1.165, 1.54) is 5.56 Å². The third kappa shape index (κ3) is 3.57. The largest absolute Gasteiger partial charge is 0.319 e. The van der Waals surface area contributed by atoms with Gasteiger partial charge in [-0.15, -0.1) is 0 Å². The van der Waals surface area contributed by atoms with Gasteiger partial charge in [-0.3, -0.25) is 4.79 Å². The maximum Gasteiger partial charge on any atom is 0.255 e. The number of nitrogens with one attached hydrogen (secondary N) is 1. The van der Waals surface area contributed by atoms with Crippen LogP contribution in [0.3, 0.4) is 0 Å². The van der Waals surface area contributed by atoms with Crippen LogP contribution >= 0.6 is 0 Å². The highest BCUT2D eigenvalue weighted by Crippen LogP contribution is 2.24. The van der Waals surface area contributed by atoms with Crippen molar-refractivity contribution in [2.45, 2.75) is 27.7 Å². The first kappa shape index (κ1) is 18.7. The van der Waals surface area contributed by atoms with Crippen LogP contribution in [0.5, 0.6) is 0 Å². The van der Waals surface area contributed by atoms with Crippen molar-refractivity contribution in [1.82, 2.24) is 19.6 Å². The first-order chi connectivity index (χ1) is 13.9. The maximum absolute atomic E-state index is 12.8. The second-order valence-electron chi connectivity index (χ2n) is 7.18. The Morgan fingerprint density at radius 2 is 1.45 bits per heavy atom. The third-order valence-electron chi connectivity index (χ3n) is 5.01. The van der Waals surface area contributed by atoms with E-state index in [0.29, 0.717) is 5.56 Å². The van der Waals surface area contributed by atoms with Gasteiger partial charge in [0.15, 0.2) is 0 Å². The minimum absolute atomic E-state index is 0.164. The van der Waals surface area contributed by atoms with Crippen LogP contribution in [-0.4, -0.2) is 25.5 Å². The normalized spacial score (nSPS) is 10.9. The molecule has 4 aromatic rings. The molecule has 2 aromatic carbocycles. The van der Waals surface area contributed by atoms with E-state index < -0.39 is 0 Å². The summed E-state index contributed by atoms with van der Waals surface area (Å²) in [6, 6.07) is 17.5. The lowest BCUT2D eigenvalue weighted by atomic mass is 10.2. The van der Waals surface area contributed by atoms with Gasteiger partial charge in [-0.05, 0) is 70.2 Å². The lowest BCUT2D eigenvalue weighted by Gasteiger charge is -2.09. The number of anilines is 1. The maximum atomic E-state index is 12.8. The number of carbonyl (C=O) groups excluding carboxylic acids is 1. The van der Waals surface area contributed by atoms with Gasteiger partial charge in [-0.2, -0.15) is 10.2 Å². The Morgan fingerprint density at radius 1 is 0.828 bits per heavy atom. The summed E-state index contributed by atoms with van der Waals surface area (Å²) in [5, 5.41) is 11.9. The van der Waals surface area contributed by atoms with E-state index in [9.17, 15) is 4.79 Å². The van der Waals surface area contributed by atoms with E-state index in [1.807, 2.05) is 72.6 Å². The first-order valence-electron chi connectivity index (χ1n) is 9.50. The van der Waals surface area contributed by atoms with Crippen LogP contribution in [0.25, 0.3) is 11.4 Å². The van der Waals surface area contributed by atoms with Crippen molar-refractivity contribution in [2.75, 3.05) is 5.32 Å². The van der Waals surface area contributed by atoms with Crippen LogP contribution in [0, 0.1) is 27.7 Å². The van der Waals surface area contributed by atoms with E-state index >= 15 is 0 Å². The second-order valence-corrected chi connectivity index (χ2v) is 7.18. The number of hydrogen-bond acceptors (Lipinski definition) is 3. The van der Waals surface area contributed by atoms with Gasteiger partial charge in [-0.1, -0.05) is 17.7 Å². The Bertz CT molecular complexity index is 1170. The van der Waals surface area contributed by atoms with E-state index in [4.69, 9.17) is 0 Å². The zero-order valence-corrected chi connectivity index (χ0v) is 17.0. The lowest BCUT2D eigenvalue weighted by molar-refractivity contribution is 0.102. The van der Waals surface area contributed by atoms with Crippen molar-refractivity contribution in [3.05, 3.63) is 89.0 Å². The van der Waals surface area contributed by atoms with Crippen LogP contribution in [0.1, 0.15) is 33.0 Å². The van der Waals surface area contributed by atoms with Crippen molar-refractivity contribution in [3.63, 3.8) is 0 Å². The van der Waals surface area contributed by atoms with Crippen LogP contribution in [0.2, 0.25) is 0 Å². The van der Waals surface area contributed by atoms with Crippen molar-refractivity contribution in [3.8, 4) is 11.4 Å². The Kier molecular flexibility index (Phi) is 4.76. The van der Waals surface area contributed by atoms with Gasteiger partial charge in [0.05, 0.1) is 28.5 Å². The van der Waals surface area contributed by atoms with Crippen molar-refractivity contribution < 1.29 is 4.79 Å². The first-order valence-corrected chi connectivity index (χ1v) is 9.50. The average Bonchev–Trinajstić information content (AvgIpc) is 3.27. The molecule has 0 aliphatic rings. The molecule has 0 bridgehead atoms. The minimum atomic E-state index is -0.164. The van der Waals surface area contributed by atoms with Crippen LogP contribution in [-0.2, 0) is 0 Å². The van der Waals surface area contributed by atoms with Gasteiger partial charge >= 0.3 is 0 Å². The number of benzene rings is 2. The molecule has 0 saturated carbocycles. The van der Waals surface area contributed by atoms with Gasteiger partial charge in [0, 0.05) is 17.5 Å². The topological polar surface area (TPSA) is 64.7 Å². The lowest BCUT2D eigenvalue weighted by Crippen LogP contribution is -2.13. The van der Waals surface area contributed by atoms with Crippen molar-refractivity contribution in [1.29, 1.82) is 0 Å². The molecule has 0 spiro atoms. The molecule has 4 rings (SSSR count). The quantitative estimate of drug-likeness (QED) is 0.561. The van der Waals surface area contributed by atoms with Gasteiger partial charge in [0.25, 0.3) is 5.91 Å². The summed E-state index contributed by atoms with van der Waals surface area (Å²) in [6.07, 6.45) is 1.76. The molecule has 1 N–H and O–H groups in total. The van der Waals surface area contributed by atoms with Gasteiger partial charge < -0.3 is 5.32 Å². The monoisotopic (exact) mass is 385 g/mol. The summed E-state index contributed by atoms with van der Waals surface area (Å²) in [4.78, 5) is 12.8. The summed E-state index contributed by atoms with van der Waals surface area (Å²) in [7, 11) is 0. The molecule has 0 atom stereocenters. The zero-order valence-electron chi connectivity index (χ0n) is 17.0. The van der Waals surface area contributed by atoms with Crippen LogP contribution < -0.4 is 5.32 Å². The molecular formula is C23H23N5O. The second kappa shape index (κ2) is 7.39. The summed E-state index contributed by atoms with van der Waals surface area (Å²) < 4.78 is 3.69. The fraction of sp³-hybridized carbons (Fsp3) is 0.174. The molecule has 0 saturated heterocycles. The highest BCUT2D eigenvalue weighted by atomic mass is 16.1. The standard InChI is InChI=1S/C23H23N5O/c1-15-5-9-21(10-6-15)28-18(4)22(17(3)26-28)25-23(29)19-7-11-20(12-8-19)27-16(2)13-14-24-27/h5-14H,1-4H3,(H,25,29). The molecule has 0 radical (unpaired) electrons. The van der Waals surface area contributed by atoms with E-state index in [1.54, 1.807) is 18.3 Å². The smallest absolute Gasteiger partial charge is 0.255 e. The van der Waals surface area contributed by atoms with E-state index in [0.717, 1.165) is 34.1 Å². The molecular weight excluding hydrogens is 362 g/mol. The van der Waals surface area contributed by atoms with Gasteiger partial charge in [-0.25, -0.2) is 9.36 Å². The molecule has 29 heavy (non-hydrogen) atoms. The fourth-order valence-corrected chi connectivity index (χ4v) is 3.34. The molecule has 6 nitrogen and oxygen atoms in total. The number of rotatable bonds is 4. The molecule has 0 fully saturated rings. The summed E-state index contributed by atoms with van der Waals surface area (Å²) in [6.45, 7) is 7.90. The summed E-state index contributed by atoms with van der Waals surface area (Å²) in [5.74, 6) is -0.164. The van der Waals surface area contributed by atoms with Crippen LogP contribution in [0.15, 0.2) is 60.8 Å². The van der Waals surface area contributed by atoms with Crippen molar-refractivity contribution >= 4 is 11.6 Å². The number of amides is 1. The van der Waals surface area contributed by atoms with Gasteiger partial charge in [0.1, 0.15) is 0 Å². The van der Waals surface area contributed by atoms with Crippen LogP contribution in [0.4, 0.5) is 5.69 Å². The predicted molar refractivity (Wildman–Crippen MR) is 114 cm³/mol. The number of hydrogen-bond donors (Lipinski definition) is 1. The molecule has 0 unspecified atom stereocenters. The Balaban J connectivity index is 1.57. The van der Waals surface area contributed by atoms with E-state index in [2.05, 4.69) is 22.4 Å². The number of aryl methyl sites for hydroxylation is 3.